The number of amidine groups is 1. The Morgan fingerprint density at radius 2 is 2.00 bits per heavy atom. The van der Waals surface area contributed by atoms with Crippen LogP contribution in [0.25, 0.3) is 6.08 Å². The van der Waals surface area contributed by atoms with Gasteiger partial charge in [0.05, 0.1) is 24.8 Å². The molecule has 0 bridgehead atoms. The number of nitrogens with zero attached hydrogens (tertiary/aromatic N) is 1. The first-order valence-corrected chi connectivity index (χ1v) is 8.97. The van der Waals surface area contributed by atoms with Crippen molar-refractivity contribution in [1.29, 1.82) is 0 Å². The Balaban J connectivity index is 1.87. The lowest BCUT2D eigenvalue weighted by Gasteiger charge is -2.07. The van der Waals surface area contributed by atoms with Crippen LogP contribution in [-0.4, -0.2) is 25.3 Å². The quantitative estimate of drug-likeness (QED) is 0.749. The van der Waals surface area contributed by atoms with Gasteiger partial charge in [-0.1, -0.05) is 22.0 Å². The van der Waals surface area contributed by atoms with E-state index >= 15 is 0 Å². The number of thioether (sulfide) groups is 1. The van der Waals surface area contributed by atoms with E-state index in [1.54, 1.807) is 26.4 Å². The molecule has 128 valence electrons. The minimum atomic E-state index is -0.184. The van der Waals surface area contributed by atoms with Crippen LogP contribution >= 0.6 is 27.7 Å². The third-order valence-corrected chi connectivity index (χ3v) is 4.82. The Morgan fingerprint density at radius 1 is 1.16 bits per heavy atom. The fourth-order valence-electron chi connectivity index (χ4n) is 2.22. The highest BCUT2D eigenvalue weighted by molar-refractivity contribution is 9.10. The summed E-state index contributed by atoms with van der Waals surface area (Å²) in [6.07, 6.45) is 1.78. The third kappa shape index (κ3) is 4.24. The Morgan fingerprint density at radius 3 is 2.72 bits per heavy atom. The number of carbonyl (C=O) groups is 1. The molecule has 0 aromatic heterocycles. The molecule has 2 aromatic carbocycles. The molecule has 0 spiro atoms. The summed E-state index contributed by atoms with van der Waals surface area (Å²) in [5, 5.41) is 3.32. The minimum absolute atomic E-state index is 0.184. The van der Waals surface area contributed by atoms with E-state index in [1.165, 1.54) is 11.8 Å². The van der Waals surface area contributed by atoms with E-state index in [0.29, 0.717) is 21.6 Å². The minimum Gasteiger partial charge on any atom is -0.497 e. The molecule has 1 heterocycles. The molecule has 0 unspecified atom stereocenters. The topological polar surface area (TPSA) is 59.9 Å². The lowest BCUT2D eigenvalue weighted by molar-refractivity contribution is -0.115. The van der Waals surface area contributed by atoms with E-state index < -0.39 is 0 Å². The SMILES string of the molecule is COc1ccc(/C=C2\SC(=Nc3cccc(Br)c3)NC2=O)c(OC)c1. The van der Waals surface area contributed by atoms with Crippen LogP contribution in [0.5, 0.6) is 11.5 Å². The molecule has 5 nitrogen and oxygen atoms in total. The smallest absolute Gasteiger partial charge is 0.264 e. The molecule has 1 aliphatic rings. The number of methoxy groups -OCH3 is 2. The van der Waals surface area contributed by atoms with Gasteiger partial charge < -0.3 is 14.8 Å². The van der Waals surface area contributed by atoms with E-state index in [9.17, 15) is 4.79 Å². The van der Waals surface area contributed by atoms with Crippen molar-refractivity contribution in [2.75, 3.05) is 14.2 Å². The molecule has 1 amide bonds. The standard InChI is InChI=1S/C18H15BrN2O3S/c1-23-14-7-6-11(15(10-14)24-2)8-16-17(22)21-18(25-16)20-13-5-3-4-12(19)9-13/h3-10H,1-2H3,(H,20,21,22)/b16-8-. The highest BCUT2D eigenvalue weighted by Crippen LogP contribution is 2.32. The molecule has 1 aliphatic heterocycles. The van der Waals surface area contributed by atoms with Crippen LogP contribution in [0.2, 0.25) is 0 Å². The zero-order chi connectivity index (χ0) is 17.8. The third-order valence-electron chi connectivity index (χ3n) is 3.42. The number of halogens is 1. The zero-order valence-electron chi connectivity index (χ0n) is 13.6. The summed E-state index contributed by atoms with van der Waals surface area (Å²) in [6, 6.07) is 13.0. The molecule has 0 aliphatic carbocycles. The van der Waals surface area contributed by atoms with Gasteiger partial charge in [-0.15, -0.1) is 0 Å². The molecule has 0 atom stereocenters. The van der Waals surface area contributed by atoms with Crippen molar-refractivity contribution in [3.05, 3.63) is 57.4 Å². The summed E-state index contributed by atoms with van der Waals surface area (Å²) < 4.78 is 11.5. The van der Waals surface area contributed by atoms with Crippen molar-refractivity contribution in [2.24, 2.45) is 4.99 Å². The number of hydrogen-bond donors (Lipinski definition) is 1. The molecule has 0 saturated carbocycles. The van der Waals surface area contributed by atoms with Crippen molar-refractivity contribution >= 4 is 50.5 Å². The molecule has 3 rings (SSSR count). The maximum atomic E-state index is 12.2. The van der Waals surface area contributed by atoms with Gasteiger partial charge in [0.2, 0.25) is 0 Å². The Bertz CT molecular complexity index is 880. The number of aliphatic imine (C=N–C) groups is 1. The number of benzene rings is 2. The van der Waals surface area contributed by atoms with Gasteiger partial charge in [-0.2, -0.15) is 0 Å². The fraction of sp³-hybridized carbons (Fsp3) is 0.111. The Hall–Kier alpha value is -2.25. The monoisotopic (exact) mass is 418 g/mol. The van der Waals surface area contributed by atoms with Crippen LogP contribution in [0.1, 0.15) is 5.56 Å². The normalized spacial score (nSPS) is 17.0. The number of hydrogen-bond acceptors (Lipinski definition) is 5. The van der Waals surface area contributed by atoms with Crippen LogP contribution < -0.4 is 14.8 Å². The van der Waals surface area contributed by atoms with Gasteiger partial charge in [-0.3, -0.25) is 4.79 Å². The largest absolute Gasteiger partial charge is 0.497 e. The Labute approximate surface area is 158 Å². The van der Waals surface area contributed by atoms with E-state index in [0.717, 1.165) is 15.7 Å². The number of carbonyl (C=O) groups excluding carboxylic acids is 1. The van der Waals surface area contributed by atoms with Crippen molar-refractivity contribution in [3.8, 4) is 11.5 Å². The van der Waals surface area contributed by atoms with Crippen molar-refractivity contribution in [2.45, 2.75) is 0 Å². The molecular weight excluding hydrogens is 404 g/mol. The average molecular weight is 419 g/mol. The van der Waals surface area contributed by atoms with Crippen LogP contribution in [-0.2, 0) is 4.79 Å². The molecule has 1 fully saturated rings. The predicted molar refractivity (Wildman–Crippen MR) is 104 cm³/mol. The van der Waals surface area contributed by atoms with Gasteiger partial charge in [-0.05, 0) is 48.2 Å². The van der Waals surface area contributed by atoms with Gasteiger partial charge >= 0.3 is 0 Å². The second-order valence-corrected chi connectivity index (χ2v) is 7.02. The summed E-state index contributed by atoms with van der Waals surface area (Å²) >= 11 is 4.70. The summed E-state index contributed by atoms with van der Waals surface area (Å²) in [4.78, 5) is 17.2. The highest BCUT2D eigenvalue weighted by Gasteiger charge is 2.24. The first kappa shape index (κ1) is 17.6. The van der Waals surface area contributed by atoms with Crippen molar-refractivity contribution in [3.63, 3.8) is 0 Å². The van der Waals surface area contributed by atoms with Crippen LogP contribution in [0.4, 0.5) is 5.69 Å². The van der Waals surface area contributed by atoms with Gasteiger partial charge in [0.15, 0.2) is 5.17 Å². The predicted octanol–water partition coefficient (Wildman–Crippen LogP) is 4.36. The average Bonchev–Trinajstić information content (AvgIpc) is 2.94. The van der Waals surface area contributed by atoms with Crippen LogP contribution in [0.3, 0.4) is 0 Å². The van der Waals surface area contributed by atoms with Crippen LogP contribution in [0, 0.1) is 0 Å². The molecular formula is C18H15BrN2O3S. The second-order valence-electron chi connectivity index (χ2n) is 5.07. The van der Waals surface area contributed by atoms with Gasteiger partial charge in [0, 0.05) is 16.1 Å². The summed E-state index contributed by atoms with van der Waals surface area (Å²) in [5.74, 6) is 1.15. The van der Waals surface area contributed by atoms with Gasteiger partial charge in [0.1, 0.15) is 11.5 Å². The lowest BCUT2D eigenvalue weighted by Crippen LogP contribution is -2.19. The molecule has 2 aromatic rings. The molecule has 25 heavy (non-hydrogen) atoms. The van der Waals surface area contributed by atoms with E-state index in [4.69, 9.17) is 9.47 Å². The van der Waals surface area contributed by atoms with E-state index in [2.05, 4.69) is 26.2 Å². The fourth-order valence-corrected chi connectivity index (χ4v) is 3.44. The molecule has 0 radical (unpaired) electrons. The molecule has 1 saturated heterocycles. The second kappa shape index (κ2) is 7.76. The summed E-state index contributed by atoms with van der Waals surface area (Å²) in [7, 11) is 3.18. The molecule has 7 heteroatoms. The van der Waals surface area contributed by atoms with Crippen LogP contribution in [0.15, 0.2) is 56.8 Å². The summed E-state index contributed by atoms with van der Waals surface area (Å²) in [5.41, 5.74) is 1.56. The molecule has 1 N–H and O–H groups in total. The maximum Gasteiger partial charge on any atom is 0.264 e. The highest BCUT2D eigenvalue weighted by atomic mass is 79.9. The van der Waals surface area contributed by atoms with Crippen molar-refractivity contribution < 1.29 is 14.3 Å². The number of ether oxygens (including phenoxy) is 2. The first-order chi connectivity index (χ1) is 12.1. The number of nitrogens with one attached hydrogen (secondary N) is 1. The maximum absolute atomic E-state index is 12.2. The number of rotatable bonds is 4. The first-order valence-electron chi connectivity index (χ1n) is 7.36. The van der Waals surface area contributed by atoms with Gasteiger partial charge in [-0.25, -0.2) is 4.99 Å². The number of amides is 1. The van der Waals surface area contributed by atoms with E-state index in [1.807, 2.05) is 36.4 Å². The summed E-state index contributed by atoms with van der Waals surface area (Å²) in [6.45, 7) is 0. The zero-order valence-corrected chi connectivity index (χ0v) is 16.0. The van der Waals surface area contributed by atoms with E-state index in [-0.39, 0.29) is 5.91 Å². The van der Waals surface area contributed by atoms with Gasteiger partial charge in [0.25, 0.3) is 5.91 Å². The Kier molecular flexibility index (Phi) is 5.45. The van der Waals surface area contributed by atoms with Crippen molar-refractivity contribution in [1.82, 2.24) is 5.32 Å². The lowest BCUT2D eigenvalue weighted by atomic mass is 10.1.